The number of rotatable bonds is 12. The number of nitrogens with zero attached hydrogens (tertiary/aromatic N) is 2. The van der Waals surface area contributed by atoms with E-state index >= 15 is 0 Å². The molecule has 48 heavy (non-hydrogen) atoms. The first-order valence-electron chi connectivity index (χ1n) is 16.5. The Labute approximate surface area is 280 Å². The van der Waals surface area contributed by atoms with Gasteiger partial charge in [-0.05, 0) is 41.6 Å². The van der Waals surface area contributed by atoms with Crippen LogP contribution in [-0.2, 0) is 48.3 Å². The van der Waals surface area contributed by atoms with Gasteiger partial charge in [0, 0.05) is 31.7 Å². The monoisotopic (exact) mass is 657 g/mol. The summed E-state index contributed by atoms with van der Waals surface area (Å²) in [4.78, 5) is 41.8. The molecule has 3 aromatic carbocycles. The Hall–Kier alpha value is -4.13. The average molecular weight is 658 g/mol. The van der Waals surface area contributed by atoms with Gasteiger partial charge in [0.05, 0.1) is 38.4 Å². The number of carbonyl (C=O) groups is 3. The Balaban J connectivity index is 1.09. The SMILES string of the molecule is COCC1CCCN1CC1CC(c2ccc(CO)cc2)OC(c2ccc(CN3C(=O)CC(NC(=O)OCc4ccccc4)C3=O)cc2)O1. The highest BCUT2D eigenvalue weighted by atomic mass is 16.7. The van der Waals surface area contributed by atoms with Crippen molar-refractivity contribution in [1.29, 1.82) is 0 Å². The third-order valence-electron chi connectivity index (χ3n) is 9.25. The molecule has 0 spiro atoms. The van der Waals surface area contributed by atoms with Gasteiger partial charge in [0.2, 0.25) is 5.91 Å². The van der Waals surface area contributed by atoms with Crippen LogP contribution in [0.5, 0.6) is 0 Å². The number of aliphatic hydroxyl groups is 1. The molecule has 3 aliphatic heterocycles. The number of methoxy groups -OCH3 is 1. The van der Waals surface area contributed by atoms with E-state index in [0.717, 1.165) is 53.7 Å². The van der Waals surface area contributed by atoms with Gasteiger partial charge in [-0.3, -0.25) is 19.4 Å². The standard InChI is InChI=1S/C37H43N3O8/c1-45-24-30-8-5-17-39(30)21-31-18-33(28-13-11-26(22-41)12-14-28)48-36(47-31)29-15-9-25(10-16-29)20-40-34(42)19-32(35(40)43)38-37(44)46-23-27-6-3-2-4-7-27/h2-4,6-7,9-16,30-33,36,41H,5,8,17-24H2,1H3,(H,38,44). The van der Waals surface area contributed by atoms with Crippen LogP contribution in [0, 0.1) is 0 Å². The van der Waals surface area contributed by atoms with E-state index in [1.807, 2.05) is 78.9 Å². The number of ether oxygens (including phenoxy) is 4. The summed E-state index contributed by atoms with van der Waals surface area (Å²) in [5.74, 6) is -0.825. The molecule has 11 heteroatoms. The number of carbonyl (C=O) groups excluding carboxylic acids is 3. The van der Waals surface area contributed by atoms with Crippen LogP contribution in [0.1, 0.15) is 65.9 Å². The van der Waals surface area contributed by atoms with Crippen molar-refractivity contribution < 1.29 is 38.4 Å². The quantitative estimate of drug-likeness (QED) is 0.273. The lowest BCUT2D eigenvalue weighted by Crippen LogP contribution is -2.42. The van der Waals surface area contributed by atoms with Crippen LogP contribution >= 0.6 is 0 Å². The van der Waals surface area contributed by atoms with E-state index in [2.05, 4.69) is 10.2 Å². The van der Waals surface area contributed by atoms with Crippen molar-refractivity contribution in [2.75, 3.05) is 26.8 Å². The Kier molecular flexibility index (Phi) is 11.1. The zero-order valence-corrected chi connectivity index (χ0v) is 27.2. The van der Waals surface area contributed by atoms with Gasteiger partial charge in [0.25, 0.3) is 5.91 Å². The number of nitrogens with one attached hydrogen (secondary N) is 1. The summed E-state index contributed by atoms with van der Waals surface area (Å²) >= 11 is 0. The fraction of sp³-hybridized carbons (Fsp3) is 0.432. The average Bonchev–Trinajstić information content (AvgIpc) is 3.66. The fourth-order valence-corrected chi connectivity index (χ4v) is 6.64. The molecule has 254 valence electrons. The van der Waals surface area contributed by atoms with E-state index in [4.69, 9.17) is 18.9 Å². The van der Waals surface area contributed by atoms with Crippen LogP contribution in [0.15, 0.2) is 78.9 Å². The zero-order valence-electron chi connectivity index (χ0n) is 27.2. The maximum atomic E-state index is 13.1. The number of alkyl carbamates (subject to hydrolysis) is 1. The largest absolute Gasteiger partial charge is 0.445 e. The summed E-state index contributed by atoms with van der Waals surface area (Å²) in [5.41, 5.74) is 4.27. The van der Waals surface area contributed by atoms with Gasteiger partial charge in [-0.1, -0.05) is 78.9 Å². The normalized spacial score (nSPS) is 24.6. The summed E-state index contributed by atoms with van der Waals surface area (Å²) < 4.78 is 23.8. The van der Waals surface area contributed by atoms with Crippen molar-refractivity contribution in [3.8, 4) is 0 Å². The van der Waals surface area contributed by atoms with Crippen molar-refractivity contribution in [3.63, 3.8) is 0 Å². The van der Waals surface area contributed by atoms with E-state index < -0.39 is 24.3 Å². The van der Waals surface area contributed by atoms with E-state index in [0.29, 0.717) is 19.1 Å². The lowest BCUT2D eigenvalue weighted by atomic mass is 9.99. The third kappa shape index (κ3) is 8.29. The van der Waals surface area contributed by atoms with Crippen molar-refractivity contribution >= 4 is 17.9 Å². The molecule has 0 radical (unpaired) electrons. The summed E-state index contributed by atoms with van der Waals surface area (Å²) in [6.07, 6.45) is 1.16. The Morgan fingerprint density at radius 1 is 0.938 bits per heavy atom. The summed E-state index contributed by atoms with van der Waals surface area (Å²) in [7, 11) is 1.74. The Bertz CT molecular complexity index is 1530. The molecule has 3 heterocycles. The van der Waals surface area contributed by atoms with Gasteiger partial charge in [-0.25, -0.2) is 4.79 Å². The van der Waals surface area contributed by atoms with Gasteiger partial charge in [-0.15, -0.1) is 0 Å². The summed E-state index contributed by atoms with van der Waals surface area (Å²) in [6.45, 7) is 2.59. The molecule has 5 unspecified atom stereocenters. The van der Waals surface area contributed by atoms with Gasteiger partial charge in [0.15, 0.2) is 6.29 Å². The van der Waals surface area contributed by atoms with Crippen LogP contribution in [-0.4, -0.2) is 77.8 Å². The smallest absolute Gasteiger partial charge is 0.408 e. The molecule has 11 nitrogen and oxygen atoms in total. The van der Waals surface area contributed by atoms with Crippen molar-refractivity contribution in [1.82, 2.24) is 15.1 Å². The highest BCUT2D eigenvalue weighted by molar-refractivity contribution is 6.06. The van der Waals surface area contributed by atoms with Crippen LogP contribution < -0.4 is 5.32 Å². The number of amides is 3. The lowest BCUT2D eigenvalue weighted by molar-refractivity contribution is -0.253. The first-order valence-corrected chi connectivity index (χ1v) is 16.5. The van der Waals surface area contributed by atoms with Crippen LogP contribution in [0.3, 0.4) is 0 Å². The van der Waals surface area contributed by atoms with Crippen LogP contribution in [0.4, 0.5) is 4.79 Å². The molecular formula is C37H43N3O8. The highest BCUT2D eigenvalue weighted by Gasteiger charge is 2.40. The Morgan fingerprint density at radius 2 is 1.67 bits per heavy atom. The van der Waals surface area contributed by atoms with E-state index in [-0.39, 0.29) is 44.3 Å². The molecule has 3 amide bonds. The molecule has 2 N–H and O–H groups in total. The maximum absolute atomic E-state index is 13.1. The van der Waals surface area contributed by atoms with Gasteiger partial charge in [-0.2, -0.15) is 0 Å². The van der Waals surface area contributed by atoms with Gasteiger partial charge < -0.3 is 29.4 Å². The minimum atomic E-state index is -0.969. The fourth-order valence-electron chi connectivity index (χ4n) is 6.64. The molecule has 3 aliphatic rings. The number of hydrogen-bond acceptors (Lipinski definition) is 9. The molecule has 0 aliphatic carbocycles. The van der Waals surface area contributed by atoms with E-state index in [9.17, 15) is 19.5 Å². The molecule has 3 aromatic rings. The second-order valence-corrected chi connectivity index (χ2v) is 12.6. The molecular weight excluding hydrogens is 614 g/mol. The molecule has 6 rings (SSSR count). The zero-order chi connectivity index (χ0) is 33.5. The minimum absolute atomic E-state index is 0.0184. The number of benzene rings is 3. The molecule has 0 bridgehead atoms. The molecule has 3 saturated heterocycles. The van der Waals surface area contributed by atoms with Crippen LogP contribution in [0.25, 0.3) is 0 Å². The second kappa shape index (κ2) is 15.8. The lowest BCUT2D eigenvalue weighted by Gasteiger charge is -2.38. The molecule has 3 fully saturated rings. The minimum Gasteiger partial charge on any atom is -0.445 e. The van der Waals surface area contributed by atoms with Crippen molar-refractivity contribution in [3.05, 3.63) is 107 Å². The predicted octanol–water partition coefficient (Wildman–Crippen LogP) is 4.39. The third-order valence-corrected chi connectivity index (χ3v) is 9.25. The van der Waals surface area contributed by atoms with E-state index in [1.54, 1.807) is 7.11 Å². The summed E-state index contributed by atoms with van der Waals surface area (Å²) in [5, 5.41) is 12.0. The first kappa shape index (κ1) is 33.8. The summed E-state index contributed by atoms with van der Waals surface area (Å²) in [6, 6.07) is 24.0. The first-order chi connectivity index (χ1) is 23.4. The topological polar surface area (TPSA) is 127 Å². The number of likely N-dealkylation sites (tertiary alicyclic amines) is 2. The number of hydrogen-bond donors (Lipinski definition) is 2. The second-order valence-electron chi connectivity index (χ2n) is 12.6. The molecule has 0 aromatic heterocycles. The molecule has 0 saturated carbocycles. The van der Waals surface area contributed by atoms with Crippen LogP contribution in [0.2, 0.25) is 0 Å². The predicted molar refractivity (Wildman–Crippen MR) is 175 cm³/mol. The highest BCUT2D eigenvalue weighted by Crippen LogP contribution is 2.39. The van der Waals surface area contributed by atoms with E-state index in [1.165, 1.54) is 4.90 Å². The van der Waals surface area contributed by atoms with Gasteiger partial charge >= 0.3 is 6.09 Å². The number of aliphatic hydroxyl groups excluding tert-OH is 1. The Morgan fingerprint density at radius 3 is 2.40 bits per heavy atom. The van der Waals surface area contributed by atoms with Crippen molar-refractivity contribution in [2.24, 2.45) is 0 Å². The molecule has 5 atom stereocenters. The van der Waals surface area contributed by atoms with Crippen molar-refractivity contribution in [2.45, 2.75) is 76.0 Å². The maximum Gasteiger partial charge on any atom is 0.408 e. The van der Waals surface area contributed by atoms with Gasteiger partial charge in [0.1, 0.15) is 12.6 Å². The number of imide groups is 1.